The fourth-order valence-corrected chi connectivity index (χ4v) is 2.74. The molecule has 5 nitrogen and oxygen atoms in total. The van der Waals surface area contributed by atoms with Crippen LogP contribution in [0, 0.1) is 0 Å². The van der Waals surface area contributed by atoms with Crippen LogP contribution in [-0.2, 0) is 11.2 Å². The summed E-state index contributed by atoms with van der Waals surface area (Å²) in [7, 11) is 0. The van der Waals surface area contributed by atoms with E-state index in [0.717, 1.165) is 31.4 Å². The molecule has 1 aromatic heterocycles. The Morgan fingerprint density at radius 1 is 1.29 bits per heavy atom. The molecule has 2 heterocycles. The topological polar surface area (TPSA) is 59.5 Å². The number of ether oxygens (including phenoxy) is 1. The predicted molar refractivity (Wildman–Crippen MR) is 94.6 cm³/mol. The van der Waals surface area contributed by atoms with Gasteiger partial charge < -0.3 is 4.74 Å². The Bertz CT molecular complexity index is 605. The first-order valence-corrected chi connectivity index (χ1v) is 8.85. The molecule has 0 saturated carbocycles. The summed E-state index contributed by atoms with van der Waals surface area (Å²) in [5, 5.41) is 0. The van der Waals surface area contributed by atoms with Crippen molar-refractivity contribution >= 4 is 17.7 Å². The lowest BCUT2D eigenvalue weighted by Gasteiger charge is -2.26. The minimum Gasteiger partial charge on any atom is -0.443 e. The maximum Gasteiger partial charge on any atom is 0.416 e. The zero-order chi connectivity index (χ0) is 17.7. The number of carbonyl (C=O) groups excluding carboxylic acids is 2. The number of anilines is 1. The normalized spacial score (nSPS) is 15.0. The Morgan fingerprint density at radius 3 is 2.71 bits per heavy atom. The van der Waals surface area contributed by atoms with Crippen LogP contribution in [0.25, 0.3) is 0 Å². The monoisotopic (exact) mass is 332 g/mol. The summed E-state index contributed by atoms with van der Waals surface area (Å²) in [6.45, 7) is 8.13. The molecule has 2 rings (SSSR count). The number of ketones is 1. The van der Waals surface area contributed by atoms with Gasteiger partial charge >= 0.3 is 6.09 Å². The van der Waals surface area contributed by atoms with Gasteiger partial charge in [0.15, 0.2) is 5.78 Å². The molecule has 0 bridgehead atoms. The molecule has 0 aliphatic carbocycles. The van der Waals surface area contributed by atoms with Crippen molar-refractivity contribution in [2.24, 2.45) is 0 Å². The van der Waals surface area contributed by atoms with Gasteiger partial charge in [0.1, 0.15) is 11.4 Å². The second-order valence-electron chi connectivity index (χ2n) is 7.29. The highest BCUT2D eigenvalue weighted by Gasteiger charge is 2.30. The van der Waals surface area contributed by atoms with E-state index in [2.05, 4.69) is 11.9 Å². The summed E-state index contributed by atoms with van der Waals surface area (Å²) >= 11 is 0. The van der Waals surface area contributed by atoms with Crippen LogP contribution in [0.1, 0.15) is 75.9 Å². The number of pyridine rings is 1. The van der Waals surface area contributed by atoms with Gasteiger partial charge in [0.2, 0.25) is 0 Å². The first kappa shape index (κ1) is 18.4. The van der Waals surface area contributed by atoms with Gasteiger partial charge in [0, 0.05) is 18.7 Å². The molecule has 132 valence electrons. The number of unbranched alkanes of at least 4 members (excludes halogenated alkanes) is 2. The Hall–Kier alpha value is -1.91. The van der Waals surface area contributed by atoms with Crippen molar-refractivity contribution in [2.45, 2.75) is 71.8 Å². The van der Waals surface area contributed by atoms with Crippen LogP contribution in [-0.4, -0.2) is 29.0 Å². The largest absolute Gasteiger partial charge is 0.443 e. The number of hydrogen-bond acceptors (Lipinski definition) is 4. The van der Waals surface area contributed by atoms with Crippen LogP contribution in [0.2, 0.25) is 0 Å². The molecule has 0 unspecified atom stereocenters. The summed E-state index contributed by atoms with van der Waals surface area (Å²) in [6, 6.07) is 3.72. The van der Waals surface area contributed by atoms with E-state index in [0.29, 0.717) is 30.8 Å². The molecule has 0 spiro atoms. The van der Waals surface area contributed by atoms with Gasteiger partial charge in [-0.3, -0.25) is 9.69 Å². The fourth-order valence-electron chi connectivity index (χ4n) is 2.74. The summed E-state index contributed by atoms with van der Waals surface area (Å²) in [4.78, 5) is 31.0. The zero-order valence-electron chi connectivity index (χ0n) is 15.2. The van der Waals surface area contributed by atoms with E-state index in [9.17, 15) is 9.59 Å². The van der Waals surface area contributed by atoms with Crippen molar-refractivity contribution in [3.05, 3.63) is 23.4 Å². The van der Waals surface area contributed by atoms with Crippen molar-refractivity contribution in [1.82, 2.24) is 4.98 Å². The van der Waals surface area contributed by atoms with Gasteiger partial charge in [-0.05, 0) is 52.2 Å². The molecule has 5 heteroatoms. The minimum absolute atomic E-state index is 0.0451. The summed E-state index contributed by atoms with van der Waals surface area (Å²) in [5.74, 6) is 0.504. The first-order chi connectivity index (χ1) is 11.3. The number of nitrogens with zero attached hydrogens (tertiary/aromatic N) is 2. The van der Waals surface area contributed by atoms with Crippen molar-refractivity contribution < 1.29 is 14.3 Å². The van der Waals surface area contributed by atoms with Crippen molar-refractivity contribution in [1.29, 1.82) is 0 Å². The highest BCUT2D eigenvalue weighted by Crippen LogP contribution is 2.27. The zero-order valence-corrected chi connectivity index (χ0v) is 15.2. The predicted octanol–water partition coefficient (Wildman–Crippen LogP) is 4.53. The molecule has 1 aliphatic heterocycles. The second kappa shape index (κ2) is 7.77. The van der Waals surface area contributed by atoms with E-state index in [1.807, 2.05) is 32.9 Å². The molecule has 1 aliphatic rings. The number of Topliss-reactive ketones (excluding diaryl/α,β-unsaturated/α-hetero) is 1. The Balaban J connectivity index is 2.31. The lowest BCUT2D eigenvalue weighted by molar-refractivity contribution is 0.0579. The molecule has 0 atom stereocenters. The van der Waals surface area contributed by atoms with E-state index >= 15 is 0 Å². The van der Waals surface area contributed by atoms with Crippen molar-refractivity contribution in [3.63, 3.8) is 0 Å². The lowest BCUT2D eigenvalue weighted by Crippen LogP contribution is -2.38. The molecular formula is C19H28N2O3. The average Bonchev–Trinajstić information content (AvgIpc) is 2.65. The number of hydrogen-bond donors (Lipinski definition) is 0. The van der Waals surface area contributed by atoms with Crippen LogP contribution < -0.4 is 4.90 Å². The van der Waals surface area contributed by atoms with Gasteiger partial charge in [-0.15, -0.1) is 0 Å². The van der Waals surface area contributed by atoms with Crippen LogP contribution in [0.15, 0.2) is 12.1 Å². The van der Waals surface area contributed by atoms with Crippen LogP contribution in [0.3, 0.4) is 0 Å². The molecule has 0 N–H and O–H groups in total. The van der Waals surface area contributed by atoms with Gasteiger partial charge in [-0.1, -0.05) is 19.8 Å². The molecular weight excluding hydrogens is 304 g/mol. The molecule has 1 amide bonds. The van der Waals surface area contributed by atoms with E-state index in [1.165, 1.54) is 4.90 Å². The third-order valence-electron chi connectivity index (χ3n) is 3.92. The summed E-state index contributed by atoms with van der Waals surface area (Å²) < 4.78 is 5.50. The Kier molecular flexibility index (Phi) is 5.97. The van der Waals surface area contributed by atoms with E-state index in [-0.39, 0.29) is 5.78 Å². The molecule has 1 aromatic rings. The van der Waals surface area contributed by atoms with Crippen LogP contribution >= 0.6 is 0 Å². The third kappa shape index (κ3) is 4.79. The minimum atomic E-state index is -0.577. The first-order valence-electron chi connectivity index (χ1n) is 8.85. The number of aromatic nitrogens is 1. The quantitative estimate of drug-likeness (QED) is 0.760. The second-order valence-corrected chi connectivity index (χ2v) is 7.29. The maximum atomic E-state index is 12.6. The van der Waals surface area contributed by atoms with Crippen LogP contribution in [0.5, 0.6) is 0 Å². The number of carbonyl (C=O) groups is 2. The third-order valence-corrected chi connectivity index (χ3v) is 3.92. The van der Waals surface area contributed by atoms with E-state index in [4.69, 9.17) is 4.74 Å². The molecule has 24 heavy (non-hydrogen) atoms. The SMILES string of the molecule is CCCCCc1ccc2c(n1)N(C(=O)OC(C)(C)C)CCCC2=O. The van der Waals surface area contributed by atoms with E-state index < -0.39 is 11.7 Å². The van der Waals surface area contributed by atoms with Crippen molar-refractivity contribution in [2.75, 3.05) is 11.4 Å². The van der Waals surface area contributed by atoms with E-state index in [1.54, 1.807) is 0 Å². The number of fused-ring (bicyclic) bond motifs is 1. The molecule has 0 aromatic carbocycles. The molecule has 0 radical (unpaired) electrons. The number of rotatable bonds is 4. The van der Waals surface area contributed by atoms with Gasteiger partial charge in [-0.25, -0.2) is 9.78 Å². The fraction of sp³-hybridized carbons (Fsp3) is 0.632. The average molecular weight is 332 g/mol. The summed E-state index contributed by atoms with van der Waals surface area (Å²) in [5.41, 5.74) is 0.870. The van der Waals surface area contributed by atoms with Crippen molar-refractivity contribution in [3.8, 4) is 0 Å². The summed E-state index contributed by atoms with van der Waals surface area (Å²) in [6.07, 6.45) is 4.83. The van der Waals surface area contributed by atoms with Gasteiger partial charge in [0.25, 0.3) is 0 Å². The Morgan fingerprint density at radius 2 is 2.04 bits per heavy atom. The van der Waals surface area contributed by atoms with Gasteiger partial charge in [0.05, 0.1) is 5.56 Å². The molecule has 0 saturated heterocycles. The highest BCUT2D eigenvalue weighted by atomic mass is 16.6. The smallest absolute Gasteiger partial charge is 0.416 e. The van der Waals surface area contributed by atoms with Gasteiger partial charge in [-0.2, -0.15) is 0 Å². The lowest BCUT2D eigenvalue weighted by atomic mass is 10.1. The number of amides is 1. The molecule has 0 fully saturated rings. The number of aryl methyl sites for hydroxylation is 1. The van der Waals surface area contributed by atoms with Crippen LogP contribution in [0.4, 0.5) is 10.6 Å². The Labute approximate surface area is 144 Å². The highest BCUT2D eigenvalue weighted by molar-refractivity contribution is 6.04. The maximum absolute atomic E-state index is 12.6. The standard InChI is InChI=1S/C19H28N2O3/c1-5-6-7-9-14-11-12-15-16(22)10-8-13-21(17(15)20-14)18(23)24-19(2,3)4/h11-12H,5-10,13H2,1-4H3.